The quantitative estimate of drug-likeness (QED) is 0.591. The third kappa shape index (κ3) is 5.65. The number of anilines is 1. The smallest absolute Gasteiger partial charge is 0.444 e. The standard InChI is InChI=1S/C22H17ClF3N3O6/c23-15-4-3-13(35-22(24,25)26)8-16(15)27-21(33)34-10-11-1-2-12-9-29(20(32)14(12)7-11)17-5-6-18(30)28-19(17)31/h1-4,7-8,17H,5-6,9-10H2,(H,27,33)(H,28,30,31). The minimum atomic E-state index is -4.91. The minimum absolute atomic E-state index is 0.0341. The molecule has 35 heavy (non-hydrogen) atoms. The second-order valence-corrected chi connectivity index (χ2v) is 8.19. The molecule has 4 rings (SSSR count). The van der Waals surface area contributed by atoms with Gasteiger partial charge in [0.25, 0.3) is 5.91 Å². The number of benzene rings is 2. The zero-order valence-electron chi connectivity index (χ0n) is 17.8. The average Bonchev–Trinajstić information content (AvgIpc) is 3.09. The van der Waals surface area contributed by atoms with E-state index < -0.39 is 30.2 Å². The van der Waals surface area contributed by atoms with E-state index in [2.05, 4.69) is 15.4 Å². The van der Waals surface area contributed by atoms with Crippen LogP contribution in [0.3, 0.4) is 0 Å². The molecule has 2 aliphatic rings. The van der Waals surface area contributed by atoms with Crippen molar-refractivity contribution in [2.45, 2.75) is 38.4 Å². The van der Waals surface area contributed by atoms with E-state index in [-0.39, 0.29) is 48.5 Å². The summed E-state index contributed by atoms with van der Waals surface area (Å²) in [5.41, 5.74) is 1.34. The first-order chi connectivity index (χ1) is 16.5. The summed E-state index contributed by atoms with van der Waals surface area (Å²) in [4.78, 5) is 49.9. The molecule has 0 saturated carbocycles. The number of carbonyl (C=O) groups excluding carboxylic acids is 4. The van der Waals surface area contributed by atoms with Crippen molar-refractivity contribution in [3.63, 3.8) is 0 Å². The van der Waals surface area contributed by atoms with Gasteiger partial charge in [-0.05, 0) is 35.7 Å². The number of hydrogen-bond acceptors (Lipinski definition) is 6. The summed E-state index contributed by atoms with van der Waals surface area (Å²) >= 11 is 5.91. The summed E-state index contributed by atoms with van der Waals surface area (Å²) in [5.74, 6) is -1.86. The number of rotatable bonds is 5. The Morgan fingerprint density at radius 1 is 1.17 bits per heavy atom. The molecule has 1 atom stereocenters. The van der Waals surface area contributed by atoms with Crippen LogP contribution in [-0.2, 0) is 27.5 Å². The Kier molecular flexibility index (Phi) is 6.57. The first kappa shape index (κ1) is 24.3. The van der Waals surface area contributed by atoms with Crippen molar-refractivity contribution in [3.8, 4) is 5.75 Å². The van der Waals surface area contributed by atoms with Crippen molar-refractivity contribution in [1.82, 2.24) is 10.2 Å². The molecule has 2 heterocycles. The Hall–Kier alpha value is -3.80. The van der Waals surface area contributed by atoms with Crippen LogP contribution in [0.15, 0.2) is 36.4 Å². The van der Waals surface area contributed by atoms with Crippen LogP contribution >= 0.6 is 11.6 Å². The van der Waals surface area contributed by atoms with Gasteiger partial charge in [0.05, 0.1) is 10.7 Å². The van der Waals surface area contributed by atoms with Crippen LogP contribution in [-0.4, -0.2) is 41.1 Å². The lowest BCUT2D eigenvalue weighted by Crippen LogP contribution is -2.52. The summed E-state index contributed by atoms with van der Waals surface area (Å²) < 4.78 is 46.1. The molecular formula is C22H17ClF3N3O6. The molecule has 2 N–H and O–H groups in total. The molecule has 2 aliphatic heterocycles. The molecule has 1 fully saturated rings. The molecule has 2 aromatic carbocycles. The van der Waals surface area contributed by atoms with Gasteiger partial charge in [0.2, 0.25) is 11.8 Å². The van der Waals surface area contributed by atoms with Gasteiger partial charge in [-0.25, -0.2) is 4.79 Å². The van der Waals surface area contributed by atoms with Gasteiger partial charge in [-0.15, -0.1) is 13.2 Å². The van der Waals surface area contributed by atoms with Crippen LogP contribution in [0.4, 0.5) is 23.7 Å². The van der Waals surface area contributed by atoms with E-state index in [4.69, 9.17) is 16.3 Å². The second kappa shape index (κ2) is 9.45. The zero-order chi connectivity index (χ0) is 25.3. The third-order valence-electron chi connectivity index (χ3n) is 5.37. The van der Waals surface area contributed by atoms with Crippen LogP contribution in [0.25, 0.3) is 0 Å². The second-order valence-electron chi connectivity index (χ2n) is 7.78. The number of halogens is 4. The van der Waals surface area contributed by atoms with Gasteiger partial charge in [0.1, 0.15) is 18.4 Å². The number of carbonyl (C=O) groups is 4. The number of imide groups is 1. The van der Waals surface area contributed by atoms with Gasteiger partial charge in [-0.1, -0.05) is 23.7 Å². The van der Waals surface area contributed by atoms with E-state index in [1.807, 2.05) is 0 Å². The van der Waals surface area contributed by atoms with Crippen LogP contribution < -0.4 is 15.4 Å². The molecule has 1 unspecified atom stereocenters. The van der Waals surface area contributed by atoms with Crippen molar-refractivity contribution in [3.05, 3.63) is 58.1 Å². The minimum Gasteiger partial charge on any atom is -0.444 e. The van der Waals surface area contributed by atoms with E-state index in [0.717, 1.165) is 18.2 Å². The number of nitrogens with one attached hydrogen (secondary N) is 2. The van der Waals surface area contributed by atoms with Crippen molar-refractivity contribution in [2.24, 2.45) is 0 Å². The molecule has 0 radical (unpaired) electrons. The highest BCUT2D eigenvalue weighted by Gasteiger charge is 2.39. The molecule has 0 spiro atoms. The number of ether oxygens (including phenoxy) is 2. The Morgan fingerprint density at radius 2 is 1.94 bits per heavy atom. The molecular weight excluding hydrogens is 495 g/mol. The number of piperidine rings is 1. The van der Waals surface area contributed by atoms with Crippen molar-refractivity contribution in [1.29, 1.82) is 0 Å². The van der Waals surface area contributed by atoms with E-state index in [0.29, 0.717) is 16.7 Å². The molecule has 1 saturated heterocycles. The number of nitrogens with zero attached hydrogens (tertiary/aromatic N) is 1. The molecule has 9 nitrogen and oxygen atoms in total. The topological polar surface area (TPSA) is 114 Å². The third-order valence-corrected chi connectivity index (χ3v) is 5.70. The highest BCUT2D eigenvalue weighted by Crippen LogP contribution is 2.31. The Bertz CT molecular complexity index is 1220. The summed E-state index contributed by atoms with van der Waals surface area (Å²) in [7, 11) is 0. The molecule has 0 aliphatic carbocycles. The summed E-state index contributed by atoms with van der Waals surface area (Å²) in [6.45, 7) is -0.0436. The van der Waals surface area contributed by atoms with E-state index >= 15 is 0 Å². The Labute approximate surface area is 201 Å². The molecule has 0 bridgehead atoms. The highest BCUT2D eigenvalue weighted by molar-refractivity contribution is 6.33. The highest BCUT2D eigenvalue weighted by atomic mass is 35.5. The maximum atomic E-state index is 12.9. The Balaban J connectivity index is 1.38. The Morgan fingerprint density at radius 3 is 2.66 bits per heavy atom. The van der Waals surface area contributed by atoms with Crippen LogP contribution in [0.5, 0.6) is 5.75 Å². The first-order valence-electron chi connectivity index (χ1n) is 10.3. The molecule has 0 aromatic heterocycles. The van der Waals surface area contributed by atoms with E-state index in [9.17, 15) is 32.3 Å². The molecule has 13 heteroatoms. The van der Waals surface area contributed by atoms with Crippen LogP contribution in [0.1, 0.15) is 34.3 Å². The number of amides is 4. The van der Waals surface area contributed by atoms with Crippen molar-refractivity contribution >= 4 is 41.1 Å². The van der Waals surface area contributed by atoms with Gasteiger partial charge in [-0.3, -0.25) is 25.0 Å². The fourth-order valence-electron chi connectivity index (χ4n) is 3.78. The fraction of sp³-hybridized carbons (Fsp3) is 0.273. The summed E-state index contributed by atoms with van der Waals surface area (Å²) in [6, 6.07) is 7.10. The molecule has 2 aromatic rings. The summed E-state index contributed by atoms with van der Waals surface area (Å²) in [5, 5.41) is 4.43. The van der Waals surface area contributed by atoms with Gasteiger partial charge in [-0.2, -0.15) is 0 Å². The van der Waals surface area contributed by atoms with Gasteiger partial charge in [0, 0.05) is 24.6 Å². The molecule has 184 valence electrons. The summed E-state index contributed by atoms with van der Waals surface area (Å²) in [6.07, 6.45) is -5.53. The predicted octanol–water partition coefficient (Wildman–Crippen LogP) is 3.75. The van der Waals surface area contributed by atoms with Gasteiger partial charge >= 0.3 is 12.5 Å². The average molecular weight is 512 g/mol. The van der Waals surface area contributed by atoms with E-state index in [1.165, 1.54) is 11.0 Å². The van der Waals surface area contributed by atoms with Gasteiger partial charge < -0.3 is 14.4 Å². The van der Waals surface area contributed by atoms with Crippen molar-refractivity contribution in [2.75, 3.05) is 5.32 Å². The SMILES string of the molecule is O=C1CCC(N2Cc3ccc(COC(=O)Nc4cc(OC(F)(F)F)ccc4Cl)cc3C2=O)C(=O)N1. The molecule has 4 amide bonds. The zero-order valence-corrected chi connectivity index (χ0v) is 18.5. The van der Waals surface area contributed by atoms with Crippen molar-refractivity contribution < 1.29 is 41.8 Å². The number of alkyl halides is 3. The first-order valence-corrected chi connectivity index (χ1v) is 10.6. The number of hydrogen-bond donors (Lipinski definition) is 2. The lowest BCUT2D eigenvalue weighted by molar-refractivity contribution is -0.274. The van der Waals surface area contributed by atoms with Crippen LogP contribution in [0.2, 0.25) is 5.02 Å². The predicted molar refractivity (Wildman–Crippen MR) is 114 cm³/mol. The van der Waals surface area contributed by atoms with Gasteiger partial charge in [0.15, 0.2) is 0 Å². The fourth-order valence-corrected chi connectivity index (χ4v) is 3.95. The lowest BCUT2D eigenvalue weighted by atomic mass is 10.0. The maximum Gasteiger partial charge on any atom is 0.573 e. The monoisotopic (exact) mass is 511 g/mol. The maximum absolute atomic E-state index is 12.9. The van der Waals surface area contributed by atoms with Crippen LogP contribution in [0, 0.1) is 0 Å². The largest absolute Gasteiger partial charge is 0.573 e. The normalized spacial score (nSPS) is 17.7. The number of fused-ring (bicyclic) bond motifs is 1. The lowest BCUT2D eigenvalue weighted by Gasteiger charge is -2.29. The van der Waals surface area contributed by atoms with E-state index in [1.54, 1.807) is 12.1 Å².